The van der Waals surface area contributed by atoms with Gasteiger partial charge in [-0.25, -0.2) is 0 Å². The van der Waals surface area contributed by atoms with Crippen molar-refractivity contribution in [3.63, 3.8) is 0 Å². The molecule has 1 aliphatic carbocycles. The van der Waals surface area contributed by atoms with E-state index in [1.165, 1.54) is 37.7 Å². The normalized spacial score (nSPS) is 19.2. The summed E-state index contributed by atoms with van der Waals surface area (Å²) < 4.78 is 1.13. The van der Waals surface area contributed by atoms with E-state index < -0.39 is 0 Å². The Morgan fingerprint density at radius 3 is 2.65 bits per heavy atom. The monoisotopic (exact) mass is 296 g/mol. The lowest BCUT2D eigenvalue weighted by atomic mass is 9.78. The van der Waals surface area contributed by atoms with Crippen molar-refractivity contribution in [2.24, 2.45) is 11.8 Å². The van der Waals surface area contributed by atoms with E-state index in [9.17, 15) is 5.11 Å². The molecular formula is C15H21BrO. The third kappa shape index (κ3) is 3.82. The van der Waals surface area contributed by atoms with Gasteiger partial charge in [0.05, 0.1) is 0 Å². The van der Waals surface area contributed by atoms with E-state index in [1.807, 2.05) is 0 Å². The molecular weight excluding hydrogens is 276 g/mol. The minimum atomic E-state index is 0.331. The largest absolute Gasteiger partial charge is 0.396 e. The van der Waals surface area contributed by atoms with Crippen molar-refractivity contribution in [2.75, 3.05) is 6.61 Å². The summed E-state index contributed by atoms with van der Waals surface area (Å²) in [5, 5.41) is 9.60. The zero-order chi connectivity index (χ0) is 12.1. The van der Waals surface area contributed by atoms with Gasteiger partial charge in [-0.2, -0.15) is 0 Å². The summed E-state index contributed by atoms with van der Waals surface area (Å²) in [6.45, 7) is 0.331. The summed E-state index contributed by atoms with van der Waals surface area (Å²) in [5.41, 5.74) is 1.34. The Bertz CT molecular complexity index is 345. The molecule has 0 heterocycles. The molecule has 0 aliphatic heterocycles. The smallest absolute Gasteiger partial charge is 0.0465 e. The summed E-state index contributed by atoms with van der Waals surface area (Å²) in [5.74, 6) is 1.18. The third-order valence-corrected chi connectivity index (χ3v) is 4.43. The maximum atomic E-state index is 9.60. The Labute approximate surface area is 112 Å². The highest BCUT2D eigenvalue weighted by molar-refractivity contribution is 9.10. The van der Waals surface area contributed by atoms with Gasteiger partial charge in [0.2, 0.25) is 0 Å². The van der Waals surface area contributed by atoms with Gasteiger partial charge in [0.25, 0.3) is 0 Å². The van der Waals surface area contributed by atoms with Crippen LogP contribution in [0.5, 0.6) is 0 Å². The van der Waals surface area contributed by atoms with E-state index in [0.29, 0.717) is 12.5 Å². The highest BCUT2D eigenvalue weighted by Crippen LogP contribution is 2.32. The van der Waals surface area contributed by atoms with E-state index in [1.54, 1.807) is 0 Å². The van der Waals surface area contributed by atoms with Gasteiger partial charge in [-0.15, -0.1) is 0 Å². The maximum absolute atomic E-state index is 9.60. The van der Waals surface area contributed by atoms with Gasteiger partial charge in [0.1, 0.15) is 0 Å². The molecule has 1 fully saturated rings. The summed E-state index contributed by atoms with van der Waals surface area (Å²) in [4.78, 5) is 0. The topological polar surface area (TPSA) is 20.2 Å². The fourth-order valence-electron chi connectivity index (χ4n) is 2.95. The lowest BCUT2D eigenvalue weighted by Crippen LogP contribution is -2.23. The van der Waals surface area contributed by atoms with Crippen LogP contribution in [0.25, 0.3) is 0 Å². The zero-order valence-corrected chi connectivity index (χ0v) is 11.8. The first kappa shape index (κ1) is 13.1. The van der Waals surface area contributed by atoms with Crippen molar-refractivity contribution >= 4 is 15.9 Å². The minimum absolute atomic E-state index is 0.331. The number of benzene rings is 1. The van der Waals surface area contributed by atoms with Crippen LogP contribution >= 0.6 is 15.9 Å². The van der Waals surface area contributed by atoms with E-state index in [4.69, 9.17) is 0 Å². The number of halogens is 1. The first-order chi connectivity index (χ1) is 8.29. The van der Waals surface area contributed by atoms with Gasteiger partial charge in [0, 0.05) is 11.1 Å². The first-order valence-electron chi connectivity index (χ1n) is 6.65. The van der Waals surface area contributed by atoms with E-state index in [0.717, 1.165) is 16.8 Å². The van der Waals surface area contributed by atoms with Gasteiger partial charge in [-0.1, -0.05) is 60.2 Å². The average molecular weight is 297 g/mol. The Morgan fingerprint density at radius 1 is 1.24 bits per heavy atom. The van der Waals surface area contributed by atoms with E-state index in [-0.39, 0.29) is 0 Å². The number of aliphatic hydroxyl groups is 1. The lowest BCUT2D eigenvalue weighted by Gasteiger charge is -2.29. The highest BCUT2D eigenvalue weighted by atomic mass is 79.9. The Kier molecular flexibility index (Phi) is 5.05. The number of aliphatic hydroxyl groups excluding tert-OH is 1. The van der Waals surface area contributed by atoms with Crippen LogP contribution in [0, 0.1) is 11.8 Å². The summed E-state index contributed by atoms with van der Waals surface area (Å²) in [7, 11) is 0. The van der Waals surface area contributed by atoms with Crippen molar-refractivity contribution in [1.82, 2.24) is 0 Å². The molecule has 1 saturated carbocycles. The number of rotatable bonds is 4. The molecule has 2 heteroatoms. The second-order valence-corrected chi connectivity index (χ2v) is 6.09. The molecule has 1 N–H and O–H groups in total. The lowest BCUT2D eigenvalue weighted by molar-refractivity contribution is 0.147. The molecule has 0 radical (unpaired) electrons. The Morgan fingerprint density at radius 2 is 2.00 bits per heavy atom. The second kappa shape index (κ2) is 6.55. The third-order valence-electron chi connectivity index (χ3n) is 3.94. The molecule has 94 valence electrons. The van der Waals surface area contributed by atoms with Gasteiger partial charge in [0.15, 0.2) is 0 Å². The standard InChI is InChI=1S/C15H21BrO/c16-15-8-4-5-12(10-15)9-14(11-17)13-6-2-1-3-7-13/h4-5,8,10,13-14,17H,1-3,6-7,9,11H2. The number of hydrogen-bond acceptors (Lipinski definition) is 1. The molecule has 1 nitrogen and oxygen atoms in total. The van der Waals surface area contributed by atoms with Crippen LogP contribution in [-0.4, -0.2) is 11.7 Å². The van der Waals surface area contributed by atoms with Crippen molar-refractivity contribution in [3.05, 3.63) is 34.3 Å². The molecule has 0 spiro atoms. The van der Waals surface area contributed by atoms with Crippen molar-refractivity contribution in [2.45, 2.75) is 38.5 Å². The van der Waals surface area contributed by atoms with Crippen LogP contribution in [0.3, 0.4) is 0 Å². The molecule has 17 heavy (non-hydrogen) atoms. The predicted molar refractivity (Wildman–Crippen MR) is 75.0 cm³/mol. The molecule has 0 bridgehead atoms. The van der Waals surface area contributed by atoms with E-state index >= 15 is 0 Å². The maximum Gasteiger partial charge on any atom is 0.0465 e. The fraction of sp³-hybridized carbons (Fsp3) is 0.600. The van der Waals surface area contributed by atoms with Crippen molar-refractivity contribution in [3.8, 4) is 0 Å². The van der Waals surface area contributed by atoms with Crippen molar-refractivity contribution in [1.29, 1.82) is 0 Å². The van der Waals surface area contributed by atoms with Gasteiger partial charge >= 0.3 is 0 Å². The number of hydrogen-bond donors (Lipinski definition) is 1. The summed E-state index contributed by atoms with van der Waals surface area (Å²) in [6.07, 6.45) is 7.70. The fourth-order valence-corrected chi connectivity index (χ4v) is 3.40. The molecule has 0 aromatic heterocycles. The molecule has 1 aromatic carbocycles. The molecule has 2 rings (SSSR count). The molecule has 1 aliphatic rings. The Balaban J connectivity index is 1.98. The molecule has 1 aromatic rings. The summed E-state index contributed by atoms with van der Waals surface area (Å²) in [6, 6.07) is 8.47. The SMILES string of the molecule is OCC(Cc1cccc(Br)c1)C1CCCCC1. The first-order valence-corrected chi connectivity index (χ1v) is 7.44. The quantitative estimate of drug-likeness (QED) is 0.884. The van der Waals surface area contributed by atoms with Crippen LogP contribution in [0.1, 0.15) is 37.7 Å². The van der Waals surface area contributed by atoms with Crippen LogP contribution in [0.15, 0.2) is 28.7 Å². The van der Waals surface area contributed by atoms with Crippen LogP contribution in [0.2, 0.25) is 0 Å². The van der Waals surface area contributed by atoms with Crippen molar-refractivity contribution < 1.29 is 5.11 Å². The Hall–Kier alpha value is -0.340. The van der Waals surface area contributed by atoms with E-state index in [2.05, 4.69) is 40.2 Å². The van der Waals surface area contributed by atoms with Gasteiger partial charge < -0.3 is 5.11 Å². The van der Waals surface area contributed by atoms with Crippen LogP contribution < -0.4 is 0 Å². The minimum Gasteiger partial charge on any atom is -0.396 e. The highest BCUT2D eigenvalue weighted by Gasteiger charge is 2.23. The molecule has 0 amide bonds. The second-order valence-electron chi connectivity index (χ2n) is 5.17. The predicted octanol–water partition coefficient (Wildman–Crippen LogP) is 4.18. The van der Waals surface area contributed by atoms with Crippen LogP contribution in [-0.2, 0) is 6.42 Å². The average Bonchev–Trinajstić information content (AvgIpc) is 2.37. The van der Waals surface area contributed by atoms with Gasteiger partial charge in [-0.05, 0) is 36.0 Å². The molecule has 0 saturated heterocycles. The van der Waals surface area contributed by atoms with Gasteiger partial charge in [-0.3, -0.25) is 0 Å². The molecule has 1 atom stereocenters. The zero-order valence-electron chi connectivity index (χ0n) is 10.2. The molecule has 1 unspecified atom stereocenters. The van der Waals surface area contributed by atoms with Crippen LogP contribution in [0.4, 0.5) is 0 Å². The summed E-state index contributed by atoms with van der Waals surface area (Å²) >= 11 is 3.51.